The molecule has 10 aromatic rings. The first-order valence-corrected chi connectivity index (χ1v) is 20.8. The van der Waals surface area contributed by atoms with Crippen molar-refractivity contribution < 1.29 is 37.5 Å². The smallest absolute Gasteiger partial charge is 0.872 e. The first-order chi connectivity index (χ1) is 31.0. The van der Waals surface area contributed by atoms with Crippen LogP contribution in [0.25, 0.3) is 54.8 Å². The molecule has 0 aliphatic rings. The molecule has 0 aliphatic heterocycles. The minimum absolute atomic E-state index is 0. The summed E-state index contributed by atoms with van der Waals surface area (Å²) in [6, 6.07) is 52.2. The number of fused-ring (bicyclic) bond motifs is 6. The zero-order valence-corrected chi connectivity index (χ0v) is 37.1. The molecule has 10 rings (SSSR count). The molecule has 8 nitrogen and oxygen atoms in total. The molecule has 0 amide bonds. The SMILES string of the molecule is Cc1ccc2ccc3ccc(C)nc3c2n1.Cc1ccc2ccc3ccc(C)nc3c2n1.[Cu+].[O-]c1ccc(/C(=C\C=C(c2ccc(O)cc2)c2ccc(O)cc2)c2ccc(O)cc2)cc1. The van der Waals surface area contributed by atoms with Gasteiger partial charge in [-0.2, -0.15) is 0 Å². The van der Waals surface area contributed by atoms with Crippen molar-refractivity contribution in [3.8, 4) is 23.0 Å². The van der Waals surface area contributed by atoms with Gasteiger partial charge in [-0.3, -0.25) is 19.9 Å². The second-order valence-electron chi connectivity index (χ2n) is 15.6. The van der Waals surface area contributed by atoms with Crippen molar-refractivity contribution in [2.24, 2.45) is 0 Å². The van der Waals surface area contributed by atoms with Crippen LogP contribution in [-0.2, 0) is 17.1 Å². The molecule has 0 unspecified atom stereocenters. The molecule has 324 valence electrons. The van der Waals surface area contributed by atoms with Crippen LogP contribution >= 0.6 is 0 Å². The maximum atomic E-state index is 11.6. The van der Waals surface area contributed by atoms with E-state index in [1.54, 1.807) is 48.5 Å². The number of nitrogens with zero attached hydrogens (tertiary/aromatic N) is 4. The van der Waals surface area contributed by atoms with E-state index in [1.165, 1.54) is 12.1 Å². The van der Waals surface area contributed by atoms with Crippen LogP contribution in [0.1, 0.15) is 45.0 Å². The van der Waals surface area contributed by atoms with Crippen LogP contribution in [0, 0.1) is 27.7 Å². The van der Waals surface area contributed by atoms with E-state index in [0.29, 0.717) is 0 Å². The summed E-state index contributed by atoms with van der Waals surface area (Å²) in [7, 11) is 0. The predicted molar refractivity (Wildman–Crippen MR) is 257 cm³/mol. The van der Waals surface area contributed by atoms with Gasteiger partial charge in [-0.25, -0.2) is 0 Å². The van der Waals surface area contributed by atoms with Crippen LogP contribution in [0.15, 0.2) is 182 Å². The van der Waals surface area contributed by atoms with Crippen molar-refractivity contribution >= 4 is 54.8 Å². The Hall–Kier alpha value is -7.84. The van der Waals surface area contributed by atoms with Gasteiger partial charge >= 0.3 is 17.1 Å². The molecule has 0 spiro atoms. The summed E-state index contributed by atoms with van der Waals surface area (Å²) < 4.78 is 0. The number of phenolic OH excluding ortho intramolecular Hbond substituents is 3. The maximum absolute atomic E-state index is 11.6. The average molecular weight is 902 g/mol. The minimum Gasteiger partial charge on any atom is -0.872 e. The van der Waals surface area contributed by atoms with Crippen LogP contribution < -0.4 is 5.11 Å². The van der Waals surface area contributed by atoms with E-state index in [9.17, 15) is 20.4 Å². The molecule has 0 aliphatic carbocycles. The van der Waals surface area contributed by atoms with Crippen LogP contribution in [0.3, 0.4) is 0 Å². The van der Waals surface area contributed by atoms with Gasteiger partial charge in [-0.15, -0.1) is 5.75 Å². The van der Waals surface area contributed by atoms with Gasteiger partial charge in [0.15, 0.2) is 0 Å². The zero-order chi connectivity index (χ0) is 44.7. The summed E-state index contributed by atoms with van der Waals surface area (Å²) in [5.41, 5.74) is 13.4. The summed E-state index contributed by atoms with van der Waals surface area (Å²) in [4.78, 5) is 18.3. The predicted octanol–water partition coefficient (Wildman–Crippen LogP) is 12.2. The Morgan fingerprint density at radius 3 is 0.800 bits per heavy atom. The number of phenols is 3. The van der Waals surface area contributed by atoms with Gasteiger partial charge in [0.1, 0.15) is 17.2 Å². The number of aryl methyl sites for hydroxylation is 4. The van der Waals surface area contributed by atoms with Gasteiger partial charge in [-0.1, -0.05) is 121 Å². The quantitative estimate of drug-likeness (QED) is 0.0883. The largest absolute Gasteiger partial charge is 1.00 e. The fourth-order valence-electron chi connectivity index (χ4n) is 7.37. The summed E-state index contributed by atoms with van der Waals surface area (Å²) in [5, 5.41) is 45.3. The molecule has 0 fully saturated rings. The summed E-state index contributed by atoms with van der Waals surface area (Å²) in [6.45, 7) is 8.03. The number of benzene rings is 6. The standard InChI is InChI=1S/C28H22O4.2C14H12N2.Cu/c29-23-9-1-19(2-10-23)27(20-3-11-24(30)12-4-20)17-18-28(21-5-13-25(31)14-6-21)22-7-15-26(32)16-8-22;2*1-9-3-5-11-7-8-12-6-4-10(2)16-14(12)13(11)15-9;/h1-18,29-32H;2*3-8H,1-2H3;/q;;;+1/p-1. The third kappa shape index (κ3) is 10.9. The normalized spacial score (nSPS) is 11.0. The Morgan fingerprint density at radius 1 is 0.338 bits per heavy atom. The van der Waals surface area contributed by atoms with Gasteiger partial charge in [0.25, 0.3) is 0 Å². The van der Waals surface area contributed by atoms with Gasteiger partial charge in [-0.05, 0) is 122 Å². The van der Waals surface area contributed by atoms with E-state index < -0.39 is 0 Å². The molecule has 0 radical (unpaired) electrons. The molecule has 6 aromatic carbocycles. The molecule has 0 atom stereocenters. The van der Waals surface area contributed by atoms with Crippen molar-refractivity contribution in [3.05, 3.63) is 227 Å². The molecule has 3 N–H and O–H groups in total. The Kier molecular flexibility index (Phi) is 14.0. The molecule has 0 saturated carbocycles. The van der Waals surface area contributed by atoms with Gasteiger partial charge in [0.05, 0.1) is 22.1 Å². The molecule has 0 saturated heterocycles. The summed E-state index contributed by atoms with van der Waals surface area (Å²) >= 11 is 0. The molecule has 0 bridgehead atoms. The van der Waals surface area contributed by atoms with Crippen LogP contribution in [0.4, 0.5) is 0 Å². The molecular formula is C56H45CuN4O4. The van der Waals surface area contributed by atoms with E-state index in [2.05, 4.69) is 68.5 Å². The number of pyridine rings is 4. The summed E-state index contributed by atoms with van der Waals surface area (Å²) in [6.07, 6.45) is 3.92. The van der Waals surface area contributed by atoms with E-state index in [1.807, 2.05) is 101 Å². The van der Waals surface area contributed by atoms with Crippen LogP contribution in [0.2, 0.25) is 0 Å². The fourth-order valence-corrected chi connectivity index (χ4v) is 7.37. The van der Waals surface area contributed by atoms with E-state index in [0.717, 1.165) is 99.8 Å². The Morgan fingerprint density at radius 2 is 0.554 bits per heavy atom. The molecule has 4 aromatic heterocycles. The van der Waals surface area contributed by atoms with Crippen LogP contribution in [-0.4, -0.2) is 35.3 Å². The fraction of sp³-hybridized carbons (Fsp3) is 0.0714. The van der Waals surface area contributed by atoms with Crippen molar-refractivity contribution in [1.29, 1.82) is 0 Å². The number of aromatic hydroxyl groups is 3. The number of rotatable bonds is 5. The number of allylic oxidation sites excluding steroid dienone is 2. The summed E-state index contributed by atoms with van der Waals surface area (Å²) in [5.74, 6) is 0.462. The molecular weight excluding hydrogens is 856 g/mol. The number of aromatic nitrogens is 4. The molecule has 65 heavy (non-hydrogen) atoms. The topological polar surface area (TPSA) is 135 Å². The monoisotopic (exact) mass is 900 g/mol. The third-order valence-corrected chi connectivity index (χ3v) is 10.7. The van der Waals surface area contributed by atoms with Crippen molar-refractivity contribution in [3.63, 3.8) is 0 Å². The van der Waals surface area contributed by atoms with E-state index in [-0.39, 0.29) is 40.1 Å². The first-order valence-electron chi connectivity index (χ1n) is 20.8. The van der Waals surface area contributed by atoms with Crippen molar-refractivity contribution in [2.75, 3.05) is 0 Å². The average Bonchev–Trinajstić information content (AvgIpc) is 3.30. The molecule has 4 heterocycles. The van der Waals surface area contributed by atoms with Crippen molar-refractivity contribution in [2.45, 2.75) is 27.7 Å². The van der Waals surface area contributed by atoms with E-state index in [4.69, 9.17) is 0 Å². The molecule has 9 heteroatoms. The third-order valence-electron chi connectivity index (χ3n) is 10.7. The van der Waals surface area contributed by atoms with Crippen LogP contribution in [0.5, 0.6) is 23.0 Å². The van der Waals surface area contributed by atoms with Crippen molar-refractivity contribution in [1.82, 2.24) is 19.9 Å². The van der Waals surface area contributed by atoms with Gasteiger partial charge < -0.3 is 20.4 Å². The second-order valence-corrected chi connectivity index (χ2v) is 15.6. The number of hydrogen-bond acceptors (Lipinski definition) is 8. The second kappa shape index (κ2) is 20.1. The Balaban J connectivity index is 0.000000159. The Bertz CT molecular complexity index is 2890. The zero-order valence-electron chi connectivity index (χ0n) is 36.2. The number of hydrogen-bond donors (Lipinski definition) is 3. The minimum atomic E-state index is -0.0665. The van der Waals surface area contributed by atoms with Gasteiger partial charge in [0, 0.05) is 44.3 Å². The first kappa shape index (κ1) is 45.2. The maximum Gasteiger partial charge on any atom is 1.00 e. The van der Waals surface area contributed by atoms with E-state index >= 15 is 0 Å². The Labute approximate surface area is 388 Å². The van der Waals surface area contributed by atoms with Gasteiger partial charge in [0.2, 0.25) is 0 Å².